The predicted molar refractivity (Wildman–Crippen MR) is 74.7 cm³/mol. The van der Waals surface area contributed by atoms with Crippen molar-refractivity contribution < 1.29 is 19.1 Å². The number of nitrogens with two attached hydrogens (primary N) is 1. The Balaban J connectivity index is 4.38. The molecule has 0 aliphatic rings. The van der Waals surface area contributed by atoms with E-state index in [-0.39, 0.29) is 0 Å². The highest BCUT2D eigenvalue weighted by Gasteiger charge is 2.25. The molecular formula is C13H25N3O4. The third kappa shape index (κ3) is 7.08. The van der Waals surface area contributed by atoms with Crippen LogP contribution in [-0.4, -0.2) is 41.5 Å². The van der Waals surface area contributed by atoms with Gasteiger partial charge in [0.1, 0.15) is 17.7 Å². The van der Waals surface area contributed by atoms with Gasteiger partial charge in [0.2, 0.25) is 11.8 Å². The van der Waals surface area contributed by atoms with Crippen LogP contribution in [0.2, 0.25) is 0 Å². The number of nitrogens with one attached hydrogen (secondary N) is 2. The minimum absolute atomic E-state index is 0.433. The molecule has 7 nitrogen and oxygen atoms in total. The summed E-state index contributed by atoms with van der Waals surface area (Å²) in [5.74, 6) is -1.44. The summed E-state index contributed by atoms with van der Waals surface area (Å²) >= 11 is 0. The molecule has 7 heteroatoms. The van der Waals surface area contributed by atoms with Gasteiger partial charge in [-0.2, -0.15) is 0 Å². The Labute approximate surface area is 119 Å². The number of hydrogen-bond donors (Lipinski definition) is 3. The summed E-state index contributed by atoms with van der Waals surface area (Å²) in [5.41, 5.74) is 4.77. The summed E-state index contributed by atoms with van der Waals surface area (Å²) in [6.07, 6.45) is 0. The van der Waals surface area contributed by atoms with Crippen molar-refractivity contribution in [2.75, 3.05) is 0 Å². The monoisotopic (exact) mass is 287 g/mol. The van der Waals surface area contributed by atoms with E-state index < -0.39 is 41.5 Å². The number of rotatable bonds is 5. The first kappa shape index (κ1) is 18.4. The molecule has 0 saturated heterocycles. The van der Waals surface area contributed by atoms with E-state index in [1.807, 2.05) is 0 Å². The van der Waals surface area contributed by atoms with Crippen molar-refractivity contribution in [3.05, 3.63) is 0 Å². The van der Waals surface area contributed by atoms with Crippen molar-refractivity contribution in [3.63, 3.8) is 0 Å². The van der Waals surface area contributed by atoms with E-state index in [2.05, 4.69) is 10.6 Å². The van der Waals surface area contributed by atoms with E-state index in [1.165, 1.54) is 20.8 Å². The maximum atomic E-state index is 11.8. The summed E-state index contributed by atoms with van der Waals surface area (Å²) in [4.78, 5) is 34.9. The summed E-state index contributed by atoms with van der Waals surface area (Å²) < 4.78 is 5.14. The third-order valence-corrected chi connectivity index (χ3v) is 2.28. The second-order valence-electron chi connectivity index (χ2n) is 5.78. The van der Waals surface area contributed by atoms with Crippen molar-refractivity contribution in [1.82, 2.24) is 10.6 Å². The number of ether oxygens (including phenoxy) is 1. The van der Waals surface area contributed by atoms with Gasteiger partial charge in [0, 0.05) is 0 Å². The molecule has 0 aromatic heterocycles. The van der Waals surface area contributed by atoms with E-state index in [9.17, 15) is 14.4 Å². The Bertz CT molecular complexity index is 374. The average molecular weight is 287 g/mol. The minimum atomic E-state index is -0.795. The summed E-state index contributed by atoms with van der Waals surface area (Å²) in [5, 5.41) is 4.92. The molecule has 0 heterocycles. The highest BCUT2D eigenvalue weighted by atomic mass is 16.6. The zero-order valence-corrected chi connectivity index (χ0v) is 12.9. The third-order valence-electron chi connectivity index (χ3n) is 2.28. The van der Waals surface area contributed by atoms with E-state index >= 15 is 0 Å². The van der Waals surface area contributed by atoms with Crippen molar-refractivity contribution in [2.24, 2.45) is 5.73 Å². The standard InChI is InChI=1S/C13H25N3O4/c1-7(14)10(17)15-8(2)11(18)16-9(3)12(19)20-13(4,5)6/h7-9H,14H2,1-6H3,(H,15,17)(H,16,18). The Morgan fingerprint density at radius 2 is 1.40 bits per heavy atom. The van der Waals surface area contributed by atoms with Gasteiger partial charge in [-0.25, -0.2) is 4.79 Å². The zero-order chi connectivity index (χ0) is 16.1. The Morgan fingerprint density at radius 3 is 1.80 bits per heavy atom. The van der Waals surface area contributed by atoms with Crippen LogP contribution < -0.4 is 16.4 Å². The van der Waals surface area contributed by atoms with Crippen molar-refractivity contribution in [1.29, 1.82) is 0 Å². The Hall–Kier alpha value is -1.63. The highest BCUT2D eigenvalue weighted by molar-refractivity contribution is 5.91. The summed E-state index contributed by atoms with van der Waals surface area (Å²) in [6.45, 7) is 9.77. The molecule has 3 unspecified atom stereocenters. The lowest BCUT2D eigenvalue weighted by Gasteiger charge is -2.23. The number of amides is 2. The molecule has 0 aromatic rings. The van der Waals surface area contributed by atoms with Crippen molar-refractivity contribution in [3.8, 4) is 0 Å². The lowest BCUT2D eigenvalue weighted by molar-refractivity contribution is -0.158. The van der Waals surface area contributed by atoms with Gasteiger partial charge in [-0.15, -0.1) is 0 Å². The fourth-order valence-electron chi connectivity index (χ4n) is 1.20. The molecule has 0 rings (SSSR count). The number of esters is 1. The Morgan fingerprint density at radius 1 is 0.950 bits per heavy atom. The molecule has 0 radical (unpaired) electrons. The van der Waals surface area contributed by atoms with Gasteiger partial charge in [-0.1, -0.05) is 0 Å². The molecular weight excluding hydrogens is 262 g/mol. The smallest absolute Gasteiger partial charge is 0.328 e. The maximum absolute atomic E-state index is 11.8. The molecule has 0 aliphatic heterocycles. The van der Waals surface area contributed by atoms with Gasteiger partial charge >= 0.3 is 5.97 Å². The number of hydrogen-bond acceptors (Lipinski definition) is 5. The van der Waals surface area contributed by atoms with Crippen LogP contribution in [0.25, 0.3) is 0 Å². The molecule has 0 saturated carbocycles. The first-order chi connectivity index (χ1) is 8.94. The van der Waals surface area contributed by atoms with Crippen molar-refractivity contribution in [2.45, 2.75) is 65.3 Å². The lowest BCUT2D eigenvalue weighted by atomic mass is 10.2. The van der Waals surface area contributed by atoms with Crippen molar-refractivity contribution >= 4 is 17.8 Å². The van der Waals surface area contributed by atoms with Crippen LogP contribution in [0.15, 0.2) is 0 Å². The first-order valence-electron chi connectivity index (χ1n) is 6.53. The van der Waals surface area contributed by atoms with Crippen LogP contribution in [0.1, 0.15) is 41.5 Å². The molecule has 2 amide bonds. The average Bonchev–Trinajstić information content (AvgIpc) is 2.25. The van der Waals surface area contributed by atoms with Crippen LogP contribution in [-0.2, 0) is 19.1 Å². The molecule has 3 atom stereocenters. The van der Waals surface area contributed by atoms with Gasteiger partial charge in [-0.3, -0.25) is 9.59 Å². The van der Waals surface area contributed by atoms with Gasteiger partial charge in [0.05, 0.1) is 6.04 Å². The maximum Gasteiger partial charge on any atom is 0.328 e. The number of carbonyl (C=O) groups excluding carboxylic acids is 3. The van der Waals surface area contributed by atoms with E-state index in [0.29, 0.717) is 0 Å². The normalized spacial score (nSPS) is 15.8. The fourth-order valence-corrected chi connectivity index (χ4v) is 1.20. The topological polar surface area (TPSA) is 111 Å². The number of carbonyl (C=O) groups is 3. The SMILES string of the molecule is CC(N)C(=O)NC(C)C(=O)NC(C)C(=O)OC(C)(C)C. The zero-order valence-electron chi connectivity index (χ0n) is 12.9. The fraction of sp³-hybridized carbons (Fsp3) is 0.769. The lowest BCUT2D eigenvalue weighted by Crippen LogP contribution is -2.52. The van der Waals surface area contributed by atoms with Gasteiger partial charge in [0.25, 0.3) is 0 Å². The van der Waals surface area contributed by atoms with Crippen LogP contribution >= 0.6 is 0 Å². The second kappa shape index (κ2) is 7.23. The quantitative estimate of drug-likeness (QED) is 0.600. The molecule has 0 spiro atoms. The van der Waals surface area contributed by atoms with Gasteiger partial charge in [0.15, 0.2) is 0 Å². The Kier molecular flexibility index (Phi) is 6.64. The van der Waals surface area contributed by atoms with E-state index in [0.717, 1.165) is 0 Å². The molecule has 20 heavy (non-hydrogen) atoms. The van der Waals surface area contributed by atoms with Gasteiger partial charge < -0.3 is 21.1 Å². The molecule has 0 aliphatic carbocycles. The van der Waals surface area contributed by atoms with Crippen LogP contribution in [0.3, 0.4) is 0 Å². The molecule has 116 valence electrons. The largest absolute Gasteiger partial charge is 0.458 e. The van der Waals surface area contributed by atoms with Crippen LogP contribution in [0.4, 0.5) is 0 Å². The van der Waals surface area contributed by atoms with Crippen LogP contribution in [0.5, 0.6) is 0 Å². The van der Waals surface area contributed by atoms with Gasteiger partial charge in [-0.05, 0) is 41.5 Å². The van der Waals surface area contributed by atoms with E-state index in [4.69, 9.17) is 10.5 Å². The highest BCUT2D eigenvalue weighted by Crippen LogP contribution is 2.08. The predicted octanol–water partition coefficient (Wildman–Crippen LogP) is -0.315. The van der Waals surface area contributed by atoms with Crippen LogP contribution in [0, 0.1) is 0 Å². The molecule has 4 N–H and O–H groups in total. The first-order valence-corrected chi connectivity index (χ1v) is 6.53. The van der Waals surface area contributed by atoms with E-state index in [1.54, 1.807) is 20.8 Å². The molecule has 0 fully saturated rings. The second-order valence-corrected chi connectivity index (χ2v) is 5.78. The summed E-state index contributed by atoms with van der Waals surface area (Å²) in [6, 6.07) is -2.27. The molecule has 0 aromatic carbocycles. The minimum Gasteiger partial charge on any atom is -0.458 e. The molecule has 0 bridgehead atoms. The summed E-state index contributed by atoms with van der Waals surface area (Å²) in [7, 11) is 0.